The Morgan fingerprint density at radius 2 is 1.64 bits per heavy atom. The number of aromatic nitrogens is 1. The van der Waals surface area contributed by atoms with Crippen molar-refractivity contribution in [3.05, 3.63) is 117 Å². The van der Waals surface area contributed by atoms with Gasteiger partial charge >= 0.3 is 10.9 Å². The summed E-state index contributed by atoms with van der Waals surface area (Å²) in [5.41, 5.74) is 6.64. The zero-order valence-corrected chi connectivity index (χ0v) is 28.9. The van der Waals surface area contributed by atoms with Gasteiger partial charge in [-0.15, -0.1) is 0 Å². The molecule has 0 aliphatic carbocycles. The van der Waals surface area contributed by atoms with Crippen molar-refractivity contribution in [2.45, 2.75) is 44.7 Å². The minimum atomic E-state index is -0.198. The normalized spacial score (nSPS) is 13.7. The van der Waals surface area contributed by atoms with Crippen LogP contribution in [0.15, 0.2) is 95.8 Å². The zero-order chi connectivity index (χ0) is 34.7. The van der Waals surface area contributed by atoms with Gasteiger partial charge in [0.2, 0.25) is 5.91 Å². The summed E-state index contributed by atoms with van der Waals surface area (Å²) in [6.07, 6.45) is 3.73. The molecule has 5 aromatic rings. The Hall–Kier alpha value is -4.97. The van der Waals surface area contributed by atoms with Crippen LogP contribution in [0.25, 0.3) is 21.3 Å². The fraction of sp³-hybridized carbons (Fsp3) is 0.308. The molecule has 0 bridgehead atoms. The minimum absolute atomic E-state index is 0.0320. The second kappa shape index (κ2) is 17.1. The zero-order valence-electron chi connectivity index (χ0n) is 28.0. The number of benzene rings is 4. The maximum absolute atomic E-state index is 12.8. The molecule has 1 fully saturated rings. The van der Waals surface area contributed by atoms with Crippen molar-refractivity contribution < 1.29 is 14.7 Å². The third-order valence-electron chi connectivity index (χ3n) is 9.12. The molecule has 1 saturated heterocycles. The van der Waals surface area contributed by atoms with Crippen LogP contribution >= 0.6 is 11.3 Å². The smallest absolute Gasteiger partial charge is 0.319 e. The van der Waals surface area contributed by atoms with Crippen LogP contribution in [0.2, 0.25) is 0 Å². The van der Waals surface area contributed by atoms with Crippen molar-refractivity contribution in [2.75, 3.05) is 38.0 Å². The molecule has 6 N–H and O–H groups in total. The highest BCUT2D eigenvalue weighted by atomic mass is 32.1. The number of nitrogens with zero attached hydrogens (tertiary/aromatic N) is 1. The second-order valence-electron chi connectivity index (χ2n) is 12.7. The number of amides is 3. The number of anilines is 1. The van der Waals surface area contributed by atoms with Crippen molar-refractivity contribution >= 4 is 39.2 Å². The number of H-pyrrole nitrogens is 1. The lowest BCUT2D eigenvalue weighted by atomic mass is 10.0. The molecule has 0 radical (unpaired) electrons. The van der Waals surface area contributed by atoms with Gasteiger partial charge in [0.05, 0.1) is 10.4 Å². The molecule has 1 aliphatic rings. The van der Waals surface area contributed by atoms with Crippen LogP contribution in [0, 0.1) is 0 Å². The number of nitrogens with one attached hydrogen (secondary N) is 5. The Morgan fingerprint density at radius 1 is 0.880 bits per heavy atom. The summed E-state index contributed by atoms with van der Waals surface area (Å²) in [4.78, 5) is 42.1. The highest BCUT2D eigenvalue weighted by Gasteiger charge is 2.21. The first-order valence-electron chi connectivity index (χ1n) is 17.2. The monoisotopic (exact) mass is 692 g/mol. The molecule has 0 atom stereocenters. The predicted molar refractivity (Wildman–Crippen MR) is 201 cm³/mol. The van der Waals surface area contributed by atoms with E-state index in [9.17, 15) is 19.5 Å². The SMILES string of the molecule is O=C(CCN1CCC(NC(=O)Nc2ccccc2-c2ccccc2)CC1)NCc1cccc(CCNCCc2ccc(O)c3[nH]c(=O)sc23)c1. The summed E-state index contributed by atoms with van der Waals surface area (Å²) >= 11 is 1.13. The fourth-order valence-corrected chi connectivity index (χ4v) is 7.30. The average molecular weight is 693 g/mol. The fourth-order valence-electron chi connectivity index (χ4n) is 6.40. The van der Waals surface area contributed by atoms with Crippen LogP contribution in [0.5, 0.6) is 5.75 Å². The van der Waals surface area contributed by atoms with E-state index in [2.05, 4.69) is 43.3 Å². The van der Waals surface area contributed by atoms with Crippen LogP contribution < -0.4 is 26.1 Å². The number of urea groups is 1. The molecule has 2 heterocycles. The average Bonchev–Trinajstić information content (AvgIpc) is 3.54. The Morgan fingerprint density at radius 3 is 2.48 bits per heavy atom. The van der Waals surface area contributed by atoms with E-state index in [1.54, 1.807) is 6.07 Å². The predicted octanol–water partition coefficient (Wildman–Crippen LogP) is 5.63. The molecule has 3 amide bonds. The van der Waals surface area contributed by atoms with Crippen molar-refractivity contribution in [3.63, 3.8) is 0 Å². The number of carbonyl (C=O) groups excluding carboxylic acids is 2. The van der Waals surface area contributed by atoms with Gasteiger partial charge in [-0.05, 0) is 73.2 Å². The van der Waals surface area contributed by atoms with Gasteiger partial charge in [-0.25, -0.2) is 4.79 Å². The molecule has 260 valence electrons. The van der Waals surface area contributed by atoms with E-state index >= 15 is 0 Å². The molecule has 6 rings (SSSR count). The summed E-state index contributed by atoms with van der Waals surface area (Å²) in [6, 6.07) is 29.5. The number of fused-ring (bicyclic) bond motifs is 1. The van der Waals surface area contributed by atoms with E-state index < -0.39 is 0 Å². The topological polar surface area (TPSA) is 139 Å². The highest BCUT2D eigenvalue weighted by molar-refractivity contribution is 7.16. The van der Waals surface area contributed by atoms with E-state index in [0.717, 1.165) is 95.8 Å². The number of phenols is 1. The Balaban J connectivity index is 0.854. The van der Waals surface area contributed by atoms with Gasteiger partial charge < -0.3 is 36.3 Å². The highest BCUT2D eigenvalue weighted by Crippen LogP contribution is 2.29. The lowest BCUT2D eigenvalue weighted by Gasteiger charge is -2.32. The number of aromatic hydroxyl groups is 1. The van der Waals surface area contributed by atoms with E-state index in [1.807, 2.05) is 72.8 Å². The van der Waals surface area contributed by atoms with Crippen molar-refractivity contribution in [3.8, 4) is 16.9 Å². The van der Waals surface area contributed by atoms with Gasteiger partial charge in [0.15, 0.2) is 0 Å². The number of hydrogen-bond donors (Lipinski definition) is 6. The van der Waals surface area contributed by atoms with Crippen LogP contribution in [0.4, 0.5) is 10.5 Å². The van der Waals surface area contributed by atoms with Gasteiger partial charge in [-0.2, -0.15) is 0 Å². The van der Waals surface area contributed by atoms with Gasteiger partial charge in [-0.1, -0.05) is 90.2 Å². The Bertz CT molecular complexity index is 1950. The summed E-state index contributed by atoms with van der Waals surface area (Å²) in [5, 5.41) is 22.7. The first kappa shape index (κ1) is 34.9. The molecular weight excluding hydrogens is 649 g/mol. The van der Waals surface area contributed by atoms with Crippen molar-refractivity contribution in [1.82, 2.24) is 25.8 Å². The number of rotatable bonds is 14. The number of hydrogen-bond acceptors (Lipinski definition) is 7. The Labute approximate surface area is 295 Å². The standard InChI is InChI=1S/C39H44N6O4S/c46-34-14-13-30(37-36(34)44-39(49)50-37)16-21-40-20-15-27-7-6-8-28(25-27)26-41-35(47)19-24-45-22-17-31(18-23-45)42-38(48)43-33-12-5-4-11-32(33)29-9-2-1-3-10-29/h1-14,25,31,40,46H,15-24,26H2,(H,41,47)(H,44,49)(H2,42,43,48). The molecule has 0 unspecified atom stereocenters. The summed E-state index contributed by atoms with van der Waals surface area (Å²) < 4.78 is 0.812. The summed E-state index contributed by atoms with van der Waals surface area (Å²) in [5.74, 6) is 0.130. The minimum Gasteiger partial charge on any atom is -0.506 e. The van der Waals surface area contributed by atoms with Crippen LogP contribution in [0.3, 0.4) is 0 Å². The molecular formula is C39H44N6O4S. The van der Waals surface area contributed by atoms with Gasteiger partial charge in [0.25, 0.3) is 0 Å². The molecule has 0 saturated carbocycles. The lowest BCUT2D eigenvalue weighted by Crippen LogP contribution is -2.46. The maximum atomic E-state index is 12.8. The van der Waals surface area contributed by atoms with E-state index in [-0.39, 0.29) is 28.6 Å². The second-order valence-corrected chi connectivity index (χ2v) is 13.7. The Kier molecular flexibility index (Phi) is 11.9. The summed E-state index contributed by atoms with van der Waals surface area (Å²) in [6.45, 7) is 4.42. The third kappa shape index (κ3) is 9.59. The van der Waals surface area contributed by atoms with Gasteiger partial charge in [0, 0.05) is 44.2 Å². The maximum Gasteiger partial charge on any atom is 0.319 e. The largest absolute Gasteiger partial charge is 0.506 e. The number of piperidine rings is 1. The quantitative estimate of drug-likeness (QED) is 0.0835. The first-order valence-corrected chi connectivity index (χ1v) is 18.1. The van der Waals surface area contributed by atoms with Crippen LogP contribution in [-0.4, -0.2) is 65.7 Å². The number of likely N-dealkylation sites (tertiary alicyclic amines) is 1. The summed E-state index contributed by atoms with van der Waals surface area (Å²) in [7, 11) is 0. The molecule has 0 spiro atoms. The van der Waals surface area contributed by atoms with E-state index in [4.69, 9.17) is 0 Å². The number of thiazole rings is 1. The van der Waals surface area contributed by atoms with Crippen molar-refractivity contribution in [2.24, 2.45) is 0 Å². The molecule has 50 heavy (non-hydrogen) atoms. The number of aromatic amines is 1. The number of para-hydroxylation sites is 1. The molecule has 11 heteroatoms. The van der Waals surface area contributed by atoms with Crippen LogP contribution in [-0.2, 0) is 24.2 Å². The number of carbonyl (C=O) groups is 2. The first-order chi connectivity index (χ1) is 24.4. The molecule has 1 aromatic heterocycles. The van der Waals surface area contributed by atoms with Gasteiger partial charge in [-0.3, -0.25) is 9.59 Å². The van der Waals surface area contributed by atoms with E-state index in [1.165, 1.54) is 5.56 Å². The molecule has 10 nitrogen and oxygen atoms in total. The molecule has 1 aliphatic heterocycles. The third-order valence-corrected chi connectivity index (χ3v) is 10.1. The van der Waals surface area contributed by atoms with E-state index in [0.29, 0.717) is 25.0 Å². The van der Waals surface area contributed by atoms with Crippen LogP contribution in [0.1, 0.15) is 36.0 Å². The number of phenolic OH excluding ortho intramolecular Hbond substituents is 1. The lowest BCUT2D eigenvalue weighted by molar-refractivity contribution is -0.121. The van der Waals surface area contributed by atoms with Crippen molar-refractivity contribution in [1.29, 1.82) is 0 Å². The molecule has 4 aromatic carbocycles. The van der Waals surface area contributed by atoms with Gasteiger partial charge in [0.1, 0.15) is 11.3 Å².